The molecule has 1 aromatic heterocycles. The quantitative estimate of drug-likeness (QED) is 0.695. The van der Waals surface area contributed by atoms with Gasteiger partial charge >= 0.3 is 0 Å². The molecule has 4 nitrogen and oxygen atoms in total. The lowest BCUT2D eigenvalue weighted by atomic mass is 10.1. The molecule has 4 heteroatoms. The van der Waals surface area contributed by atoms with Gasteiger partial charge in [-0.25, -0.2) is 0 Å². The summed E-state index contributed by atoms with van der Waals surface area (Å²) in [5.41, 5.74) is 0. The Kier molecular flexibility index (Phi) is 6.50. The van der Waals surface area contributed by atoms with Gasteiger partial charge in [0.25, 0.3) is 0 Å². The molecule has 1 aromatic rings. The predicted molar refractivity (Wildman–Crippen MR) is 72.3 cm³/mol. The first kappa shape index (κ1) is 14.8. The summed E-state index contributed by atoms with van der Waals surface area (Å²) in [7, 11) is 0. The van der Waals surface area contributed by atoms with Gasteiger partial charge in [0, 0.05) is 31.5 Å². The molecule has 0 aliphatic heterocycles. The van der Waals surface area contributed by atoms with Crippen LogP contribution in [0.2, 0.25) is 0 Å². The van der Waals surface area contributed by atoms with E-state index in [1.54, 1.807) is 6.26 Å². The zero-order chi connectivity index (χ0) is 13.4. The van der Waals surface area contributed by atoms with Crippen LogP contribution in [-0.2, 0) is 11.2 Å². The number of carbonyl (C=O) groups is 1. The van der Waals surface area contributed by atoms with Gasteiger partial charge in [-0.15, -0.1) is 0 Å². The van der Waals surface area contributed by atoms with Crippen molar-refractivity contribution in [2.24, 2.45) is 5.92 Å². The molecule has 18 heavy (non-hydrogen) atoms. The standard InChI is InChI=1S/C14H24N2O2/c1-11(2)14(17)16-9-8-15-12(3)6-7-13-5-4-10-18-13/h4-5,10-12,15H,6-9H2,1-3H3,(H,16,17). The normalized spacial score (nSPS) is 12.7. The van der Waals surface area contributed by atoms with Gasteiger partial charge in [-0.2, -0.15) is 0 Å². The van der Waals surface area contributed by atoms with E-state index in [-0.39, 0.29) is 11.8 Å². The lowest BCUT2D eigenvalue weighted by molar-refractivity contribution is -0.123. The number of carbonyl (C=O) groups excluding carboxylic acids is 1. The minimum atomic E-state index is 0.0568. The molecule has 0 aliphatic rings. The molecule has 0 spiro atoms. The fourth-order valence-electron chi connectivity index (χ4n) is 1.62. The van der Waals surface area contributed by atoms with Crippen molar-refractivity contribution in [3.05, 3.63) is 24.2 Å². The monoisotopic (exact) mass is 252 g/mol. The summed E-state index contributed by atoms with van der Waals surface area (Å²) in [4.78, 5) is 11.3. The lowest BCUT2D eigenvalue weighted by Crippen LogP contribution is -2.37. The van der Waals surface area contributed by atoms with Crippen LogP contribution in [0, 0.1) is 5.92 Å². The van der Waals surface area contributed by atoms with E-state index < -0.39 is 0 Å². The van der Waals surface area contributed by atoms with E-state index in [0.29, 0.717) is 12.6 Å². The summed E-state index contributed by atoms with van der Waals surface area (Å²) in [5.74, 6) is 1.19. The molecule has 1 atom stereocenters. The number of hydrogen-bond acceptors (Lipinski definition) is 3. The summed E-state index contributed by atoms with van der Waals surface area (Å²) in [5, 5.41) is 6.27. The van der Waals surface area contributed by atoms with Gasteiger partial charge in [-0.1, -0.05) is 13.8 Å². The molecular weight excluding hydrogens is 228 g/mol. The highest BCUT2D eigenvalue weighted by atomic mass is 16.3. The number of nitrogens with one attached hydrogen (secondary N) is 2. The molecule has 0 aliphatic carbocycles. The third-order valence-electron chi connectivity index (χ3n) is 2.85. The van der Waals surface area contributed by atoms with Gasteiger partial charge in [0.2, 0.25) is 5.91 Å². The molecular formula is C14H24N2O2. The summed E-state index contributed by atoms with van der Waals surface area (Å²) in [6.45, 7) is 7.43. The minimum absolute atomic E-state index is 0.0568. The molecule has 1 amide bonds. The van der Waals surface area contributed by atoms with Gasteiger partial charge in [0.1, 0.15) is 5.76 Å². The zero-order valence-corrected chi connectivity index (χ0v) is 11.5. The van der Waals surface area contributed by atoms with Crippen molar-refractivity contribution >= 4 is 5.91 Å². The Balaban J connectivity index is 2.03. The Labute approximate surface area is 109 Å². The van der Waals surface area contributed by atoms with Crippen LogP contribution in [0.4, 0.5) is 0 Å². The summed E-state index contributed by atoms with van der Waals surface area (Å²) in [6, 6.07) is 4.33. The van der Waals surface area contributed by atoms with E-state index in [0.717, 1.165) is 25.1 Å². The molecule has 102 valence electrons. The van der Waals surface area contributed by atoms with Gasteiger partial charge in [-0.3, -0.25) is 4.79 Å². The Morgan fingerprint density at radius 2 is 2.11 bits per heavy atom. The van der Waals surface area contributed by atoms with Gasteiger partial charge in [-0.05, 0) is 25.5 Å². The Morgan fingerprint density at radius 3 is 2.72 bits per heavy atom. The van der Waals surface area contributed by atoms with Crippen LogP contribution < -0.4 is 10.6 Å². The second kappa shape index (κ2) is 7.93. The zero-order valence-electron chi connectivity index (χ0n) is 11.5. The van der Waals surface area contributed by atoms with Crippen LogP contribution >= 0.6 is 0 Å². The minimum Gasteiger partial charge on any atom is -0.469 e. The first-order valence-electron chi connectivity index (χ1n) is 6.63. The molecule has 0 radical (unpaired) electrons. The molecule has 1 rings (SSSR count). The molecule has 0 fully saturated rings. The summed E-state index contributed by atoms with van der Waals surface area (Å²) >= 11 is 0. The fraction of sp³-hybridized carbons (Fsp3) is 0.643. The molecule has 0 saturated carbocycles. The number of aryl methyl sites for hydroxylation is 1. The number of rotatable bonds is 8. The van der Waals surface area contributed by atoms with Crippen molar-refractivity contribution in [3.8, 4) is 0 Å². The highest BCUT2D eigenvalue weighted by Crippen LogP contribution is 2.05. The second-order valence-electron chi connectivity index (χ2n) is 4.92. The Bertz CT molecular complexity index is 334. The van der Waals surface area contributed by atoms with Crippen molar-refractivity contribution in [3.63, 3.8) is 0 Å². The van der Waals surface area contributed by atoms with Crippen LogP contribution in [-0.4, -0.2) is 25.0 Å². The maximum atomic E-state index is 11.3. The maximum absolute atomic E-state index is 11.3. The van der Waals surface area contributed by atoms with Crippen LogP contribution in [0.3, 0.4) is 0 Å². The van der Waals surface area contributed by atoms with Crippen molar-refractivity contribution in [1.82, 2.24) is 10.6 Å². The third kappa shape index (κ3) is 5.87. The number of furan rings is 1. The van der Waals surface area contributed by atoms with Gasteiger partial charge in [0.15, 0.2) is 0 Å². The van der Waals surface area contributed by atoms with E-state index in [1.165, 1.54) is 0 Å². The Morgan fingerprint density at radius 1 is 1.33 bits per heavy atom. The van der Waals surface area contributed by atoms with Crippen LogP contribution in [0.15, 0.2) is 22.8 Å². The first-order chi connectivity index (χ1) is 8.59. The highest BCUT2D eigenvalue weighted by molar-refractivity contribution is 5.77. The predicted octanol–water partition coefficient (Wildman–Crippen LogP) is 1.96. The molecule has 1 heterocycles. The van der Waals surface area contributed by atoms with Crippen molar-refractivity contribution < 1.29 is 9.21 Å². The molecule has 2 N–H and O–H groups in total. The first-order valence-corrected chi connectivity index (χ1v) is 6.63. The van der Waals surface area contributed by atoms with E-state index in [2.05, 4.69) is 17.6 Å². The topological polar surface area (TPSA) is 54.3 Å². The molecule has 1 unspecified atom stereocenters. The van der Waals surface area contributed by atoms with Gasteiger partial charge in [0.05, 0.1) is 6.26 Å². The SMILES string of the molecule is CC(CCc1ccco1)NCCNC(=O)C(C)C. The van der Waals surface area contributed by atoms with Gasteiger partial charge < -0.3 is 15.1 Å². The van der Waals surface area contributed by atoms with Crippen LogP contribution in [0.5, 0.6) is 0 Å². The van der Waals surface area contributed by atoms with Crippen molar-refractivity contribution in [1.29, 1.82) is 0 Å². The van der Waals surface area contributed by atoms with E-state index in [4.69, 9.17) is 4.42 Å². The van der Waals surface area contributed by atoms with Crippen molar-refractivity contribution in [2.45, 2.75) is 39.7 Å². The molecule has 0 saturated heterocycles. The summed E-state index contributed by atoms with van der Waals surface area (Å²) in [6.07, 6.45) is 3.68. The largest absolute Gasteiger partial charge is 0.469 e. The lowest BCUT2D eigenvalue weighted by Gasteiger charge is -2.14. The fourth-order valence-corrected chi connectivity index (χ4v) is 1.62. The highest BCUT2D eigenvalue weighted by Gasteiger charge is 2.06. The molecule has 0 aromatic carbocycles. The van der Waals surface area contributed by atoms with Crippen molar-refractivity contribution in [2.75, 3.05) is 13.1 Å². The average molecular weight is 252 g/mol. The van der Waals surface area contributed by atoms with Crippen LogP contribution in [0.1, 0.15) is 33.0 Å². The molecule has 0 bridgehead atoms. The smallest absolute Gasteiger partial charge is 0.222 e. The summed E-state index contributed by atoms with van der Waals surface area (Å²) < 4.78 is 5.28. The second-order valence-corrected chi connectivity index (χ2v) is 4.92. The van der Waals surface area contributed by atoms with E-state index in [1.807, 2.05) is 26.0 Å². The van der Waals surface area contributed by atoms with E-state index >= 15 is 0 Å². The number of hydrogen-bond donors (Lipinski definition) is 2. The third-order valence-corrected chi connectivity index (χ3v) is 2.85. The number of amides is 1. The average Bonchev–Trinajstić information content (AvgIpc) is 2.84. The van der Waals surface area contributed by atoms with Crippen LogP contribution in [0.25, 0.3) is 0 Å². The Hall–Kier alpha value is -1.29. The van der Waals surface area contributed by atoms with E-state index in [9.17, 15) is 4.79 Å². The maximum Gasteiger partial charge on any atom is 0.222 e.